The van der Waals surface area contributed by atoms with Crippen molar-refractivity contribution in [1.82, 2.24) is 5.32 Å². The molecule has 1 amide bonds. The molecule has 21 heavy (non-hydrogen) atoms. The van der Waals surface area contributed by atoms with Crippen LogP contribution in [0.5, 0.6) is 0 Å². The highest BCUT2D eigenvalue weighted by atomic mass is 16.5. The van der Waals surface area contributed by atoms with Crippen molar-refractivity contribution in [3.05, 3.63) is 35.4 Å². The molecule has 0 spiro atoms. The normalized spacial score (nSPS) is 27.0. The number of fused-ring (bicyclic) bond motifs is 3. The zero-order chi connectivity index (χ0) is 15.0. The van der Waals surface area contributed by atoms with Crippen LogP contribution < -0.4 is 5.32 Å². The van der Waals surface area contributed by atoms with Crippen LogP contribution in [0, 0.1) is 11.8 Å². The Kier molecular flexibility index (Phi) is 3.68. The molecule has 4 unspecified atom stereocenters. The minimum atomic E-state index is -0.972. The molecule has 2 N–H and O–H groups in total. The Balaban J connectivity index is 1.70. The Hall–Kier alpha value is -1.88. The Morgan fingerprint density at radius 1 is 1.43 bits per heavy atom. The molecule has 0 bridgehead atoms. The van der Waals surface area contributed by atoms with E-state index in [1.807, 2.05) is 12.1 Å². The van der Waals surface area contributed by atoms with Crippen LogP contribution >= 0.6 is 0 Å². The van der Waals surface area contributed by atoms with E-state index in [4.69, 9.17) is 0 Å². The lowest BCUT2D eigenvalue weighted by atomic mass is 9.92. The molecule has 112 valence electrons. The maximum Gasteiger partial charge on any atom is 0.330 e. The first-order valence-electron chi connectivity index (χ1n) is 7.24. The molecule has 5 heteroatoms. The van der Waals surface area contributed by atoms with E-state index in [9.17, 15) is 14.7 Å². The van der Waals surface area contributed by atoms with Crippen molar-refractivity contribution < 1.29 is 19.4 Å². The summed E-state index contributed by atoms with van der Waals surface area (Å²) in [5.41, 5.74) is 2.58. The monoisotopic (exact) mass is 289 g/mol. The summed E-state index contributed by atoms with van der Waals surface area (Å²) in [7, 11) is 1.24. The lowest BCUT2D eigenvalue weighted by molar-refractivity contribution is -0.146. The number of methoxy groups -OCH3 is 1. The minimum Gasteiger partial charge on any atom is -0.467 e. The van der Waals surface area contributed by atoms with Gasteiger partial charge in [0.2, 0.25) is 5.91 Å². The summed E-state index contributed by atoms with van der Waals surface area (Å²) in [4.78, 5) is 23.8. The number of aryl methyl sites for hydroxylation is 1. The fraction of sp³-hybridized carbons (Fsp3) is 0.500. The summed E-state index contributed by atoms with van der Waals surface area (Å²) in [5.74, 6) is -0.253. The maximum absolute atomic E-state index is 12.3. The Morgan fingerprint density at radius 3 is 2.90 bits per heavy atom. The summed E-state index contributed by atoms with van der Waals surface area (Å²) in [6, 6.07) is 7.25. The summed E-state index contributed by atoms with van der Waals surface area (Å²) < 4.78 is 4.57. The van der Waals surface area contributed by atoms with E-state index in [-0.39, 0.29) is 17.7 Å². The molecule has 2 aliphatic carbocycles. The van der Waals surface area contributed by atoms with Gasteiger partial charge in [-0.1, -0.05) is 24.3 Å². The van der Waals surface area contributed by atoms with Gasteiger partial charge in [-0.3, -0.25) is 4.79 Å². The molecule has 0 aliphatic heterocycles. The predicted molar refractivity (Wildman–Crippen MR) is 75.5 cm³/mol. The Bertz CT molecular complexity index is 571. The lowest BCUT2D eigenvalue weighted by Crippen LogP contribution is -2.45. The average Bonchev–Trinajstić information content (AvgIpc) is 3.26. The summed E-state index contributed by atoms with van der Waals surface area (Å²) in [6.07, 6.45) is 2.00. The van der Waals surface area contributed by atoms with Gasteiger partial charge in [-0.05, 0) is 35.8 Å². The van der Waals surface area contributed by atoms with Gasteiger partial charge in [0.05, 0.1) is 13.7 Å². The van der Waals surface area contributed by atoms with Crippen LogP contribution in [0.25, 0.3) is 0 Å². The van der Waals surface area contributed by atoms with Crippen molar-refractivity contribution in [3.63, 3.8) is 0 Å². The molecule has 0 saturated heterocycles. The van der Waals surface area contributed by atoms with Crippen LogP contribution in [-0.2, 0) is 20.7 Å². The van der Waals surface area contributed by atoms with Gasteiger partial charge in [0.25, 0.3) is 0 Å². The molecule has 5 nitrogen and oxygen atoms in total. The van der Waals surface area contributed by atoms with E-state index in [0.717, 1.165) is 12.8 Å². The summed E-state index contributed by atoms with van der Waals surface area (Å²) in [5, 5.41) is 11.8. The van der Waals surface area contributed by atoms with Crippen LogP contribution in [0.15, 0.2) is 24.3 Å². The van der Waals surface area contributed by atoms with Crippen molar-refractivity contribution in [2.24, 2.45) is 11.8 Å². The first kappa shape index (κ1) is 14.1. The van der Waals surface area contributed by atoms with Crippen LogP contribution in [-0.4, -0.2) is 36.7 Å². The molecule has 1 saturated carbocycles. The second-order valence-corrected chi connectivity index (χ2v) is 5.72. The number of nitrogens with one attached hydrogen (secondary N) is 1. The zero-order valence-corrected chi connectivity index (χ0v) is 11.9. The third-order valence-electron chi connectivity index (χ3n) is 4.62. The van der Waals surface area contributed by atoms with E-state index in [1.54, 1.807) is 0 Å². The van der Waals surface area contributed by atoms with E-state index in [2.05, 4.69) is 22.2 Å². The van der Waals surface area contributed by atoms with Crippen molar-refractivity contribution >= 4 is 11.9 Å². The van der Waals surface area contributed by atoms with E-state index in [1.165, 1.54) is 18.2 Å². The van der Waals surface area contributed by atoms with Crippen LogP contribution in [0.2, 0.25) is 0 Å². The molecule has 3 rings (SSSR count). The smallest absolute Gasteiger partial charge is 0.330 e. The molecular formula is C16H19NO4. The van der Waals surface area contributed by atoms with Crippen LogP contribution in [0.4, 0.5) is 0 Å². The number of benzene rings is 1. The van der Waals surface area contributed by atoms with Crippen molar-refractivity contribution in [3.8, 4) is 0 Å². The van der Waals surface area contributed by atoms with Crippen molar-refractivity contribution in [1.29, 1.82) is 0 Å². The van der Waals surface area contributed by atoms with Gasteiger partial charge in [-0.15, -0.1) is 0 Å². The maximum atomic E-state index is 12.3. The summed E-state index contributed by atoms with van der Waals surface area (Å²) in [6.45, 7) is -0.447. The minimum absolute atomic E-state index is 0.0904. The molecule has 1 aromatic carbocycles. The van der Waals surface area contributed by atoms with Crippen molar-refractivity contribution in [2.75, 3.05) is 13.7 Å². The predicted octanol–water partition coefficient (Wildman–Crippen LogP) is 0.612. The number of esters is 1. The van der Waals surface area contributed by atoms with E-state index in [0.29, 0.717) is 5.92 Å². The quantitative estimate of drug-likeness (QED) is 0.797. The number of carbonyl (C=O) groups excluding carboxylic acids is 2. The largest absolute Gasteiger partial charge is 0.467 e. The highest BCUT2D eigenvalue weighted by molar-refractivity contribution is 5.88. The molecule has 0 radical (unpaired) electrons. The molecule has 1 fully saturated rings. The number of rotatable bonds is 4. The fourth-order valence-corrected chi connectivity index (χ4v) is 3.51. The second kappa shape index (κ2) is 5.48. The lowest BCUT2D eigenvalue weighted by Gasteiger charge is -2.14. The van der Waals surface area contributed by atoms with Gasteiger partial charge in [-0.2, -0.15) is 0 Å². The standard InChI is InChI=1S/C16H19NO4/c1-21-16(20)12(8-18)17-15(19)14-11-7-6-9-4-2-3-5-10(9)13(11)14/h2-5,11-14,18H,6-8H2,1H3,(H,17,19). The zero-order valence-electron chi connectivity index (χ0n) is 11.9. The highest BCUT2D eigenvalue weighted by Crippen LogP contribution is 2.59. The highest BCUT2D eigenvalue weighted by Gasteiger charge is 2.57. The molecule has 0 heterocycles. The van der Waals surface area contributed by atoms with Gasteiger partial charge < -0.3 is 15.2 Å². The van der Waals surface area contributed by atoms with Gasteiger partial charge in [0.1, 0.15) is 0 Å². The van der Waals surface area contributed by atoms with Gasteiger partial charge in [-0.25, -0.2) is 4.79 Å². The number of carbonyl (C=O) groups is 2. The average molecular weight is 289 g/mol. The Labute approximate surface area is 123 Å². The number of amides is 1. The Morgan fingerprint density at radius 2 is 2.19 bits per heavy atom. The molecular weight excluding hydrogens is 270 g/mol. The fourth-order valence-electron chi connectivity index (χ4n) is 3.51. The second-order valence-electron chi connectivity index (χ2n) is 5.72. The van der Waals surface area contributed by atoms with E-state index < -0.39 is 18.6 Å². The number of hydrogen-bond donors (Lipinski definition) is 2. The molecule has 2 aliphatic rings. The number of hydrogen-bond acceptors (Lipinski definition) is 4. The van der Waals surface area contributed by atoms with Gasteiger partial charge in [0.15, 0.2) is 6.04 Å². The number of aliphatic hydroxyl groups is 1. The SMILES string of the molecule is COC(=O)C(CO)NC(=O)C1C2CCc3ccccc3C21. The molecule has 0 aromatic heterocycles. The van der Waals surface area contributed by atoms with Gasteiger partial charge >= 0.3 is 5.97 Å². The van der Waals surface area contributed by atoms with Crippen molar-refractivity contribution in [2.45, 2.75) is 24.8 Å². The number of aliphatic hydroxyl groups excluding tert-OH is 1. The topological polar surface area (TPSA) is 75.6 Å². The van der Waals surface area contributed by atoms with Crippen LogP contribution in [0.1, 0.15) is 23.5 Å². The first-order valence-corrected chi connectivity index (χ1v) is 7.24. The van der Waals surface area contributed by atoms with E-state index >= 15 is 0 Å². The molecule has 1 aromatic rings. The first-order chi connectivity index (χ1) is 10.2. The van der Waals surface area contributed by atoms with Gasteiger partial charge in [0, 0.05) is 5.92 Å². The number of ether oxygens (including phenoxy) is 1. The third-order valence-corrected chi connectivity index (χ3v) is 4.62. The summed E-state index contributed by atoms with van der Waals surface area (Å²) >= 11 is 0. The third kappa shape index (κ3) is 2.42. The van der Waals surface area contributed by atoms with Crippen LogP contribution in [0.3, 0.4) is 0 Å². The molecule has 4 atom stereocenters.